The van der Waals surface area contributed by atoms with Crippen LogP contribution >= 0.6 is 0 Å². The summed E-state index contributed by atoms with van der Waals surface area (Å²) in [6.07, 6.45) is 0. The highest BCUT2D eigenvalue weighted by molar-refractivity contribution is 5.78. The maximum Gasteiger partial charge on any atom is 0.224 e. The number of ether oxygens (including phenoxy) is 1. The van der Waals surface area contributed by atoms with Crippen molar-refractivity contribution in [1.82, 2.24) is 5.32 Å². The highest BCUT2D eigenvalue weighted by Crippen LogP contribution is 2.25. The monoisotopic (exact) mass is 251 g/mol. The van der Waals surface area contributed by atoms with Gasteiger partial charge in [-0.15, -0.1) is 0 Å². The molecule has 5 nitrogen and oxygen atoms in total. The standard InChI is InChI=1S/C13H21N3O2/c1-9(13(17)15-2)8-16(3)11-5-10(14)6-12(7-11)18-4/h5-7,9H,8,14H2,1-4H3,(H,15,17). The van der Waals surface area contributed by atoms with Gasteiger partial charge in [-0.25, -0.2) is 0 Å². The summed E-state index contributed by atoms with van der Waals surface area (Å²) in [6.45, 7) is 2.51. The fourth-order valence-electron chi connectivity index (χ4n) is 1.79. The first-order valence-electron chi connectivity index (χ1n) is 5.85. The normalized spacial score (nSPS) is 11.8. The van der Waals surface area contributed by atoms with Gasteiger partial charge in [0.2, 0.25) is 5.91 Å². The molecule has 0 spiro atoms. The smallest absolute Gasteiger partial charge is 0.224 e. The molecule has 1 aromatic rings. The van der Waals surface area contributed by atoms with Crippen LogP contribution in [0.15, 0.2) is 18.2 Å². The number of nitrogens with one attached hydrogen (secondary N) is 1. The lowest BCUT2D eigenvalue weighted by Gasteiger charge is -2.23. The Morgan fingerprint density at radius 2 is 2.17 bits per heavy atom. The van der Waals surface area contributed by atoms with Crippen LogP contribution < -0.4 is 20.7 Å². The molecule has 0 heterocycles. The topological polar surface area (TPSA) is 67.6 Å². The van der Waals surface area contributed by atoms with Crippen molar-refractivity contribution < 1.29 is 9.53 Å². The maximum absolute atomic E-state index is 11.5. The molecule has 0 radical (unpaired) electrons. The number of nitrogen functional groups attached to an aromatic ring is 1. The fourth-order valence-corrected chi connectivity index (χ4v) is 1.79. The molecule has 0 fully saturated rings. The van der Waals surface area contributed by atoms with Gasteiger partial charge in [-0.1, -0.05) is 6.92 Å². The largest absolute Gasteiger partial charge is 0.497 e. The third-order valence-electron chi connectivity index (χ3n) is 2.83. The van der Waals surface area contributed by atoms with Crippen molar-refractivity contribution in [2.75, 3.05) is 38.4 Å². The van der Waals surface area contributed by atoms with Gasteiger partial charge in [-0.2, -0.15) is 0 Å². The fraction of sp³-hybridized carbons (Fsp3) is 0.462. The van der Waals surface area contributed by atoms with Crippen LogP contribution in [0.25, 0.3) is 0 Å². The molecule has 18 heavy (non-hydrogen) atoms. The van der Waals surface area contributed by atoms with E-state index in [9.17, 15) is 4.79 Å². The minimum Gasteiger partial charge on any atom is -0.497 e. The van der Waals surface area contributed by atoms with E-state index in [1.807, 2.05) is 31.0 Å². The molecule has 1 atom stereocenters. The predicted molar refractivity (Wildman–Crippen MR) is 73.9 cm³/mol. The molecule has 1 aromatic carbocycles. The van der Waals surface area contributed by atoms with Gasteiger partial charge in [0.05, 0.1) is 13.0 Å². The number of nitrogens with two attached hydrogens (primary N) is 1. The van der Waals surface area contributed by atoms with Gasteiger partial charge in [0, 0.05) is 44.1 Å². The molecule has 0 aliphatic rings. The molecular weight excluding hydrogens is 230 g/mol. The molecule has 0 aromatic heterocycles. The summed E-state index contributed by atoms with van der Waals surface area (Å²) in [6, 6.07) is 5.52. The van der Waals surface area contributed by atoms with E-state index in [0.29, 0.717) is 18.0 Å². The van der Waals surface area contributed by atoms with Crippen molar-refractivity contribution in [3.05, 3.63) is 18.2 Å². The Labute approximate surface area is 108 Å². The Kier molecular flexibility index (Phi) is 4.83. The van der Waals surface area contributed by atoms with E-state index in [0.717, 1.165) is 5.69 Å². The molecule has 0 aliphatic heterocycles. The zero-order valence-corrected chi connectivity index (χ0v) is 11.4. The van der Waals surface area contributed by atoms with E-state index in [2.05, 4.69) is 5.32 Å². The number of nitrogens with zero attached hydrogens (tertiary/aromatic N) is 1. The van der Waals surface area contributed by atoms with Gasteiger partial charge >= 0.3 is 0 Å². The Hall–Kier alpha value is -1.91. The number of amides is 1. The number of hydrogen-bond acceptors (Lipinski definition) is 4. The van der Waals surface area contributed by atoms with Crippen LogP contribution in [0, 0.1) is 5.92 Å². The van der Waals surface area contributed by atoms with Crippen molar-refractivity contribution in [3.8, 4) is 5.75 Å². The van der Waals surface area contributed by atoms with Crippen LogP contribution in [-0.4, -0.2) is 33.7 Å². The zero-order chi connectivity index (χ0) is 13.7. The second kappa shape index (κ2) is 6.14. The minimum atomic E-state index is -0.0903. The first-order chi connectivity index (χ1) is 8.47. The number of carbonyl (C=O) groups excluding carboxylic acids is 1. The third-order valence-corrected chi connectivity index (χ3v) is 2.83. The predicted octanol–water partition coefficient (Wildman–Crippen LogP) is 1.10. The average molecular weight is 251 g/mol. The Morgan fingerprint density at radius 3 is 2.72 bits per heavy atom. The van der Waals surface area contributed by atoms with E-state index < -0.39 is 0 Å². The van der Waals surface area contributed by atoms with Crippen LogP contribution in [0.3, 0.4) is 0 Å². The first kappa shape index (κ1) is 14.2. The minimum absolute atomic E-state index is 0.0257. The number of rotatable bonds is 5. The maximum atomic E-state index is 11.5. The van der Waals surface area contributed by atoms with Crippen LogP contribution in [0.2, 0.25) is 0 Å². The second-order valence-electron chi connectivity index (χ2n) is 4.36. The molecule has 0 saturated heterocycles. The molecule has 1 amide bonds. The number of methoxy groups -OCH3 is 1. The molecule has 1 rings (SSSR count). The lowest BCUT2D eigenvalue weighted by atomic mass is 10.1. The van der Waals surface area contributed by atoms with Crippen molar-refractivity contribution in [3.63, 3.8) is 0 Å². The zero-order valence-electron chi connectivity index (χ0n) is 11.4. The van der Waals surface area contributed by atoms with E-state index in [1.54, 1.807) is 20.2 Å². The van der Waals surface area contributed by atoms with Crippen LogP contribution in [-0.2, 0) is 4.79 Å². The Morgan fingerprint density at radius 1 is 1.50 bits per heavy atom. The van der Waals surface area contributed by atoms with Gasteiger partial charge in [0.25, 0.3) is 0 Å². The van der Waals surface area contributed by atoms with Crippen molar-refractivity contribution in [2.24, 2.45) is 5.92 Å². The molecule has 0 saturated carbocycles. The molecule has 100 valence electrons. The number of anilines is 2. The molecule has 0 aliphatic carbocycles. The highest BCUT2D eigenvalue weighted by atomic mass is 16.5. The second-order valence-corrected chi connectivity index (χ2v) is 4.36. The van der Waals surface area contributed by atoms with Crippen molar-refractivity contribution >= 4 is 17.3 Å². The average Bonchev–Trinajstić information content (AvgIpc) is 2.36. The molecule has 0 bridgehead atoms. The van der Waals surface area contributed by atoms with Gasteiger partial charge in [0.1, 0.15) is 5.75 Å². The Bertz CT molecular complexity index is 421. The van der Waals surface area contributed by atoms with Crippen molar-refractivity contribution in [2.45, 2.75) is 6.92 Å². The summed E-state index contributed by atoms with van der Waals surface area (Å²) in [4.78, 5) is 13.5. The summed E-state index contributed by atoms with van der Waals surface area (Å²) in [5, 5.41) is 2.64. The van der Waals surface area contributed by atoms with Gasteiger partial charge in [0.15, 0.2) is 0 Å². The number of carbonyl (C=O) groups is 1. The molecule has 1 unspecified atom stereocenters. The van der Waals surface area contributed by atoms with Crippen molar-refractivity contribution in [1.29, 1.82) is 0 Å². The quantitative estimate of drug-likeness (QED) is 0.769. The van der Waals surface area contributed by atoms with Crippen LogP contribution in [0.1, 0.15) is 6.92 Å². The lowest BCUT2D eigenvalue weighted by molar-refractivity contribution is -0.123. The van der Waals surface area contributed by atoms with E-state index in [4.69, 9.17) is 10.5 Å². The Balaban J connectivity index is 2.80. The summed E-state index contributed by atoms with van der Waals surface area (Å²) in [5.74, 6) is 0.648. The molecular formula is C13H21N3O2. The third kappa shape index (κ3) is 3.55. The summed E-state index contributed by atoms with van der Waals surface area (Å²) < 4.78 is 5.17. The molecule has 5 heteroatoms. The van der Waals surface area contributed by atoms with E-state index >= 15 is 0 Å². The number of hydrogen-bond donors (Lipinski definition) is 2. The number of benzene rings is 1. The van der Waals surface area contributed by atoms with Crippen LogP contribution in [0.4, 0.5) is 11.4 Å². The lowest BCUT2D eigenvalue weighted by Crippen LogP contribution is -2.34. The SMILES string of the molecule is CNC(=O)C(C)CN(C)c1cc(N)cc(OC)c1. The van der Waals surface area contributed by atoms with Gasteiger partial charge in [-0.05, 0) is 6.07 Å². The highest BCUT2D eigenvalue weighted by Gasteiger charge is 2.14. The first-order valence-corrected chi connectivity index (χ1v) is 5.85. The summed E-state index contributed by atoms with van der Waals surface area (Å²) >= 11 is 0. The summed E-state index contributed by atoms with van der Waals surface area (Å²) in [5.41, 5.74) is 7.38. The van der Waals surface area contributed by atoms with Gasteiger partial charge < -0.3 is 20.7 Å². The van der Waals surface area contributed by atoms with E-state index in [-0.39, 0.29) is 11.8 Å². The summed E-state index contributed by atoms with van der Waals surface area (Å²) in [7, 11) is 5.17. The molecule has 3 N–H and O–H groups in total. The van der Waals surface area contributed by atoms with Crippen LogP contribution in [0.5, 0.6) is 5.75 Å². The van der Waals surface area contributed by atoms with E-state index in [1.165, 1.54) is 0 Å². The van der Waals surface area contributed by atoms with Gasteiger partial charge in [-0.3, -0.25) is 4.79 Å².